The standard InChI is InChI=1S/C16H17BrFNO2/c1-10-11(4-16(21-10)8-19-14-2-3-14)9-20-15-6-12(17)5-13(18)7-15/h4-7,14,19H,2-3,8-9H2,1H3. The Kier molecular flexibility index (Phi) is 4.31. The van der Waals surface area contributed by atoms with Crippen LogP contribution >= 0.6 is 15.9 Å². The van der Waals surface area contributed by atoms with Gasteiger partial charge in [-0.05, 0) is 38.0 Å². The third-order valence-corrected chi connectivity index (χ3v) is 3.90. The molecule has 0 amide bonds. The van der Waals surface area contributed by atoms with Crippen LogP contribution in [0.5, 0.6) is 5.75 Å². The first-order valence-corrected chi connectivity index (χ1v) is 7.80. The Bertz CT molecular complexity index is 617. The molecule has 112 valence electrons. The quantitative estimate of drug-likeness (QED) is 0.839. The topological polar surface area (TPSA) is 34.4 Å². The minimum Gasteiger partial charge on any atom is -0.489 e. The molecule has 0 spiro atoms. The van der Waals surface area contributed by atoms with Crippen molar-refractivity contribution in [3.63, 3.8) is 0 Å². The van der Waals surface area contributed by atoms with E-state index in [1.807, 2.05) is 13.0 Å². The zero-order valence-electron chi connectivity index (χ0n) is 11.8. The Morgan fingerprint density at radius 2 is 2.14 bits per heavy atom. The molecule has 1 aromatic carbocycles. The molecule has 3 rings (SSSR count). The highest BCUT2D eigenvalue weighted by Crippen LogP contribution is 2.24. The molecule has 0 bridgehead atoms. The minimum atomic E-state index is -0.322. The Morgan fingerprint density at radius 1 is 1.33 bits per heavy atom. The van der Waals surface area contributed by atoms with E-state index in [0.29, 0.717) is 22.9 Å². The van der Waals surface area contributed by atoms with Crippen LogP contribution in [0.3, 0.4) is 0 Å². The average Bonchev–Trinajstić information content (AvgIpc) is 3.17. The summed E-state index contributed by atoms with van der Waals surface area (Å²) in [6, 6.07) is 7.17. The van der Waals surface area contributed by atoms with Crippen LogP contribution in [0.4, 0.5) is 4.39 Å². The van der Waals surface area contributed by atoms with E-state index in [-0.39, 0.29) is 5.82 Å². The molecular formula is C16H17BrFNO2. The largest absolute Gasteiger partial charge is 0.489 e. The van der Waals surface area contributed by atoms with E-state index < -0.39 is 0 Å². The third-order valence-electron chi connectivity index (χ3n) is 3.44. The maximum absolute atomic E-state index is 13.3. The molecule has 0 radical (unpaired) electrons. The first-order chi connectivity index (χ1) is 10.1. The number of furan rings is 1. The lowest BCUT2D eigenvalue weighted by Gasteiger charge is -2.06. The molecule has 0 saturated heterocycles. The number of hydrogen-bond acceptors (Lipinski definition) is 3. The van der Waals surface area contributed by atoms with Crippen molar-refractivity contribution >= 4 is 15.9 Å². The van der Waals surface area contributed by atoms with Crippen LogP contribution in [0.15, 0.2) is 33.2 Å². The number of rotatable bonds is 6. The van der Waals surface area contributed by atoms with Crippen molar-refractivity contribution < 1.29 is 13.5 Å². The third kappa shape index (κ3) is 4.08. The fraction of sp³-hybridized carbons (Fsp3) is 0.375. The van der Waals surface area contributed by atoms with Crippen molar-refractivity contribution in [3.05, 3.63) is 51.6 Å². The highest BCUT2D eigenvalue weighted by atomic mass is 79.9. The summed E-state index contributed by atoms with van der Waals surface area (Å²) < 4.78 is 25.3. The van der Waals surface area contributed by atoms with Crippen LogP contribution in [0.2, 0.25) is 0 Å². The summed E-state index contributed by atoms with van der Waals surface area (Å²) >= 11 is 3.25. The SMILES string of the molecule is Cc1oc(CNC2CC2)cc1COc1cc(F)cc(Br)c1. The highest BCUT2D eigenvalue weighted by molar-refractivity contribution is 9.10. The predicted octanol–water partition coefficient (Wildman–Crippen LogP) is 4.32. The second-order valence-electron chi connectivity index (χ2n) is 5.34. The monoisotopic (exact) mass is 353 g/mol. The first kappa shape index (κ1) is 14.6. The highest BCUT2D eigenvalue weighted by Gasteiger charge is 2.20. The van der Waals surface area contributed by atoms with Crippen LogP contribution in [0, 0.1) is 12.7 Å². The molecule has 0 unspecified atom stereocenters. The molecule has 1 saturated carbocycles. The van der Waals surface area contributed by atoms with Gasteiger partial charge in [-0.15, -0.1) is 0 Å². The summed E-state index contributed by atoms with van der Waals surface area (Å²) in [5, 5.41) is 3.41. The van der Waals surface area contributed by atoms with Crippen molar-refractivity contribution in [2.75, 3.05) is 0 Å². The normalized spacial score (nSPS) is 14.4. The van der Waals surface area contributed by atoms with E-state index >= 15 is 0 Å². The fourth-order valence-electron chi connectivity index (χ4n) is 2.12. The van der Waals surface area contributed by atoms with Crippen LogP contribution in [-0.2, 0) is 13.2 Å². The number of benzene rings is 1. The maximum atomic E-state index is 13.3. The van der Waals surface area contributed by atoms with Gasteiger partial charge in [0.1, 0.15) is 29.7 Å². The molecule has 0 atom stereocenters. The molecule has 2 aromatic rings. The average molecular weight is 354 g/mol. The lowest BCUT2D eigenvalue weighted by molar-refractivity contribution is 0.301. The van der Waals surface area contributed by atoms with Gasteiger partial charge in [0.25, 0.3) is 0 Å². The molecule has 3 nitrogen and oxygen atoms in total. The van der Waals surface area contributed by atoms with Crippen LogP contribution < -0.4 is 10.1 Å². The molecule has 5 heteroatoms. The van der Waals surface area contributed by atoms with Crippen molar-refractivity contribution in [1.29, 1.82) is 0 Å². The van der Waals surface area contributed by atoms with Gasteiger partial charge >= 0.3 is 0 Å². The summed E-state index contributed by atoms with van der Waals surface area (Å²) in [5.41, 5.74) is 0.989. The second-order valence-corrected chi connectivity index (χ2v) is 6.26. The molecule has 0 aliphatic heterocycles. The smallest absolute Gasteiger partial charge is 0.128 e. The van der Waals surface area contributed by atoms with E-state index in [1.54, 1.807) is 6.07 Å². The van der Waals surface area contributed by atoms with Gasteiger partial charge in [0.05, 0.1) is 6.54 Å². The summed E-state index contributed by atoms with van der Waals surface area (Å²) in [6.45, 7) is 3.03. The molecular weight excluding hydrogens is 337 g/mol. The van der Waals surface area contributed by atoms with Gasteiger partial charge in [0, 0.05) is 22.1 Å². The lowest BCUT2D eigenvalue weighted by Crippen LogP contribution is -2.14. The summed E-state index contributed by atoms with van der Waals surface area (Å²) in [7, 11) is 0. The number of halogens is 2. The zero-order valence-corrected chi connectivity index (χ0v) is 13.4. The minimum absolute atomic E-state index is 0.322. The maximum Gasteiger partial charge on any atom is 0.128 e. The second kappa shape index (κ2) is 6.20. The fourth-order valence-corrected chi connectivity index (χ4v) is 2.57. The van der Waals surface area contributed by atoms with E-state index in [1.165, 1.54) is 25.0 Å². The van der Waals surface area contributed by atoms with Gasteiger partial charge in [-0.1, -0.05) is 15.9 Å². The van der Waals surface area contributed by atoms with Gasteiger partial charge in [-0.3, -0.25) is 0 Å². The first-order valence-electron chi connectivity index (χ1n) is 7.00. The zero-order chi connectivity index (χ0) is 14.8. The molecule has 21 heavy (non-hydrogen) atoms. The number of ether oxygens (including phenoxy) is 1. The van der Waals surface area contributed by atoms with Crippen molar-refractivity contribution in [3.8, 4) is 5.75 Å². The Morgan fingerprint density at radius 3 is 2.86 bits per heavy atom. The van der Waals surface area contributed by atoms with E-state index in [4.69, 9.17) is 9.15 Å². The molecule has 1 fully saturated rings. The van der Waals surface area contributed by atoms with E-state index in [2.05, 4.69) is 21.2 Å². The molecule has 1 N–H and O–H groups in total. The van der Waals surface area contributed by atoms with Gasteiger partial charge in [0.2, 0.25) is 0 Å². The number of nitrogens with one attached hydrogen (secondary N) is 1. The van der Waals surface area contributed by atoms with E-state index in [0.717, 1.165) is 23.6 Å². The van der Waals surface area contributed by atoms with Crippen molar-refractivity contribution in [1.82, 2.24) is 5.32 Å². The number of aryl methyl sites for hydroxylation is 1. The number of hydrogen-bond donors (Lipinski definition) is 1. The summed E-state index contributed by atoms with van der Waals surface area (Å²) in [6.07, 6.45) is 2.51. The Hall–Kier alpha value is -1.33. The van der Waals surface area contributed by atoms with Gasteiger partial charge in [0.15, 0.2) is 0 Å². The van der Waals surface area contributed by atoms with Gasteiger partial charge in [-0.25, -0.2) is 4.39 Å². The molecule has 1 aromatic heterocycles. The van der Waals surface area contributed by atoms with Crippen LogP contribution in [0.25, 0.3) is 0 Å². The van der Waals surface area contributed by atoms with Crippen molar-refractivity contribution in [2.45, 2.75) is 39.0 Å². The van der Waals surface area contributed by atoms with Crippen LogP contribution in [0.1, 0.15) is 29.9 Å². The molecule has 1 aliphatic rings. The van der Waals surface area contributed by atoms with Gasteiger partial charge in [-0.2, -0.15) is 0 Å². The lowest BCUT2D eigenvalue weighted by atomic mass is 10.2. The Labute approximate surface area is 131 Å². The molecule has 1 aliphatic carbocycles. The van der Waals surface area contributed by atoms with Gasteiger partial charge < -0.3 is 14.5 Å². The van der Waals surface area contributed by atoms with Crippen molar-refractivity contribution in [2.24, 2.45) is 0 Å². The molecule has 1 heterocycles. The van der Waals surface area contributed by atoms with Crippen LogP contribution in [-0.4, -0.2) is 6.04 Å². The van der Waals surface area contributed by atoms with E-state index in [9.17, 15) is 4.39 Å². The summed E-state index contributed by atoms with van der Waals surface area (Å²) in [5.74, 6) is 1.94. The summed E-state index contributed by atoms with van der Waals surface area (Å²) in [4.78, 5) is 0. The Balaban J connectivity index is 1.61. The predicted molar refractivity (Wildman–Crippen MR) is 81.7 cm³/mol.